The van der Waals surface area contributed by atoms with Crippen LogP contribution < -0.4 is 0 Å². The normalized spacial score (nSPS) is 16.4. The highest BCUT2D eigenvalue weighted by Gasteiger charge is 2.22. The molecule has 2 aromatic rings. The van der Waals surface area contributed by atoms with Crippen LogP contribution in [0.25, 0.3) is 0 Å². The van der Waals surface area contributed by atoms with Crippen molar-refractivity contribution in [2.24, 2.45) is 7.05 Å². The third-order valence-corrected chi connectivity index (χ3v) is 6.08. The van der Waals surface area contributed by atoms with E-state index in [9.17, 15) is 4.79 Å². The quantitative estimate of drug-likeness (QED) is 0.855. The van der Waals surface area contributed by atoms with E-state index in [-0.39, 0.29) is 5.91 Å². The molecule has 5 nitrogen and oxygen atoms in total. The van der Waals surface area contributed by atoms with Gasteiger partial charge in [0.05, 0.1) is 11.4 Å². The van der Waals surface area contributed by atoms with Crippen molar-refractivity contribution in [3.05, 3.63) is 39.6 Å². The zero-order chi connectivity index (χ0) is 17.1. The summed E-state index contributed by atoms with van der Waals surface area (Å²) in [5.41, 5.74) is 1.25. The topological polar surface area (TPSA) is 41.4 Å². The predicted octanol–water partition coefficient (Wildman–Crippen LogP) is 2.70. The molecule has 0 atom stereocenters. The van der Waals surface area contributed by atoms with Crippen LogP contribution in [0.1, 0.15) is 39.3 Å². The number of amides is 1. The number of carbonyl (C=O) groups excluding carboxylic acids is 1. The second kappa shape index (κ2) is 7.49. The first-order chi connectivity index (χ1) is 11.6. The van der Waals surface area contributed by atoms with Crippen molar-refractivity contribution < 1.29 is 4.79 Å². The molecule has 1 aliphatic rings. The molecule has 24 heavy (non-hydrogen) atoms. The van der Waals surface area contributed by atoms with Gasteiger partial charge in [0.1, 0.15) is 5.82 Å². The fraction of sp³-hybridized carbons (Fsp3) is 0.556. The Morgan fingerprint density at radius 1 is 1.29 bits per heavy atom. The van der Waals surface area contributed by atoms with Crippen LogP contribution in [0, 0.1) is 6.92 Å². The molecular formula is C18H26N4OS. The lowest BCUT2D eigenvalue weighted by Gasteiger charge is -2.21. The summed E-state index contributed by atoms with van der Waals surface area (Å²) in [6.07, 6.45) is 5.84. The second-order valence-electron chi connectivity index (χ2n) is 6.45. The number of hydrogen-bond acceptors (Lipinski definition) is 4. The Balaban J connectivity index is 1.62. The first-order valence-corrected chi connectivity index (χ1v) is 9.47. The Kier molecular flexibility index (Phi) is 5.36. The molecule has 0 bridgehead atoms. The number of rotatable bonds is 4. The van der Waals surface area contributed by atoms with Crippen molar-refractivity contribution in [3.8, 4) is 0 Å². The molecular weight excluding hydrogens is 320 g/mol. The molecule has 0 spiro atoms. The smallest absolute Gasteiger partial charge is 0.263 e. The van der Waals surface area contributed by atoms with Gasteiger partial charge < -0.3 is 9.47 Å². The highest BCUT2D eigenvalue weighted by atomic mass is 32.1. The molecule has 130 valence electrons. The van der Waals surface area contributed by atoms with Crippen LogP contribution in [-0.2, 0) is 20.0 Å². The van der Waals surface area contributed by atoms with Gasteiger partial charge in [0, 0.05) is 50.5 Å². The number of nitrogens with zero attached hydrogens (tertiary/aromatic N) is 4. The summed E-state index contributed by atoms with van der Waals surface area (Å²) in [4.78, 5) is 23.8. The van der Waals surface area contributed by atoms with Crippen molar-refractivity contribution in [1.29, 1.82) is 0 Å². The van der Waals surface area contributed by atoms with Crippen molar-refractivity contribution in [1.82, 2.24) is 19.4 Å². The molecule has 3 heterocycles. The lowest BCUT2D eigenvalue weighted by Crippen LogP contribution is -2.35. The number of aromatic nitrogens is 2. The molecule has 0 aromatic carbocycles. The van der Waals surface area contributed by atoms with Crippen LogP contribution in [0.5, 0.6) is 0 Å². The third-order valence-electron chi connectivity index (χ3n) is 4.71. The maximum Gasteiger partial charge on any atom is 0.263 e. The van der Waals surface area contributed by atoms with Crippen molar-refractivity contribution in [2.75, 3.05) is 26.2 Å². The summed E-state index contributed by atoms with van der Waals surface area (Å²) in [5.74, 6) is 1.28. The van der Waals surface area contributed by atoms with E-state index < -0.39 is 0 Å². The van der Waals surface area contributed by atoms with Gasteiger partial charge in [-0.05, 0) is 31.4 Å². The second-order valence-corrected chi connectivity index (χ2v) is 7.58. The SMILES string of the molecule is CCc1sc(C(=O)N2CCCN(Cc3nccn3C)CC2)cc1C. The highest BCUT2D eigenvalue weighted by molar-refractivity contribution is 7.14. The van der Waals surface area contributed by atoms with E-state index in [1.54, 1.807) is 11.3 Å². The Bertz CT molecular complexity index is 706. The van der Waals surface area contributed by atoms with E-state index in [4.69, 9.17) is 0 Å². The molecule has 0 radical (unpaired) electrons. The monoisotopic (exact) mass is 346 g/mol. The minimum absolute atomic E-state index is 0.196. The predicted molar refractivity (Wildman–Crippen MR) is 97.4 cm³/mol. The largest absolute Gasteiger partial charge is 0.337 e. The Hall–Kier alpha value is -1.66. The van der Waals surface area contributed by atoms with Gasteiger partial charge in [-0.2, -0.15) is 0 Å². The molecule has 6 heteroatoms. The van der Waals surface area contributed by atoms with Crippen molar-refractivity contribution >= 4 is 17.2 Å². The molecule has 1 aliphatic heterocycles. The molecule has 1 amide bonds. The van der Waals surface area contributed by atoms with Gasteiger partial charge >= 0.3 is 0 Å². The summed E-state index contributed by atoms with van der Waals surface area (Å²) in [6, 6.07) is 2.06. The van der Waals surface area contributed by atoms with Crippen LogP contribution in [0.2, 0.25) is 0 Å². The van der Waals surface area contributed by atoms with Crippen LogP contribution in [0.4, 0.5) is 0 Å². The number of thiophene rings is 1. The van der Waals surface area contributed by atoms with Gasteiger partial charge in [-0.25, -0.2) is 4.98 Å². The lowest BCUT2D eigenvalue weighted by atomic mass is 10.2. The van der Waals surface area contributed by atoms with Crippen molar-refractivity contribution in [2.45, 2.75) is 33.2 Å². The lowest BCUT2D eigenvalue weighted by molar-refractivity contribution is 0.0765. The zero-order valence-electron chi connectivity index (χ0n) is 14.8. The van der Waals surface area contributed by atoms with Crippen LogP contribution in [0.15, 0.2) is 18.5 Å². The molecule has 0 N–H and O–H groups in total. The van der Waals surface area contributed by atoms with Gasteiger partial charge in [0.15, 0.2) is 0 Å². The van der Waals surface area contributed by atoms with Gasteiger partial charge in [-0.1, -0.05) is 6.92 Å². The number of hydrogen-bond donors (Lipinski definition) is 0. The zero-order valence-corrected chi connectivity index (χ0v) is 15.6. The summed E-state index contributed by atoms with van der Waals surface area (Å²) in [7, 11) is 2.03. The van der Waals surface area contributed by atoms with E-state index in [1.807, 2.05) is 24.3 Å². The molecule has 1 fully saturated rings. The fourth-order valence-electron chi connectivity index (χ4n) is 3.21. The fourth-order valence-corrected chi connectivity index (χ4v) is 4.29. The Morgan fingerprint density at radius 3 is 2.79 bits per heavy atom. The molecule has 2 aromatic heterocycles. The Morgan fingerprint density at radius 2 is 2.12 bits per heavy atom. The molecule has 0 unspecified atom stereocenters. The molecule has 1 saturated heterocycles. The molecule has 0 aliphatic carbocycles. The van der Waals surface area contributed by atoms with E-state index >= 15 is 0 Å². The third kappa shape index (κ3) is 3.70. The van der Waals surface area contributed by atoms with Crippen LogP contribution in [0.3, 0.4) is 0 Å². The van der Waals surface area contributed by atoms with E-state index in [1.165, 1.54) is 10.4 Å². The van der Waals surface area contributed by atoms with E-state index in [0.717, 1.165) is 56.3 Å². The maximum absolute atomic E-state index is 12.8. The average Bonchev–Trinajstić information content (AvgIpc) is 3.06. The summed E-state index contributed by atoms with van der Waals surface area (Å²) >= 11 is 1.66. The molecule has 3 rings (SSSR count). The van der Waals surface area contributed by atoms with E-state index in [2.05, 4.69) is 34.4 Å². The standard InChI is InChI=1S/C18H26N4OS/c1-4-15-14(2)12-16(24-15)18(23)22-8-5-7-21(10-11-22)13-17-19-6-9-20(17)3/h6,9,12H,4-5,7-8,10-11,13H2,1-3H3. The van der Waals surface area contributed by atoms with Crippen LogP contribution >= 0.6 is 11.3 Å². The summed E-state index contributed by atoms with van der Waals surface area (Å²) in [5, 5.41) is 0. The highest BCUT2D eigenvalue weighted by Crippen LogP contribution is 2.24. The van der Waals surface area contributed by atoms with Gasteiger partial charge in [0.2, 0.25) is 0 Å². The summed E-state index contributed by atoms with van der Waals surface area (Å²) in [6.45, 7) is 8.65. The number of carbonyl (C=O) groups is 1. The maximum atomic E-state index is 12.8. The number of imidazole rings is 1. The van der Waals surface area contributed by atoms with Crippen LogP contribution in [-0.4, -0.2) is 51.4 Å². The average molecular weight is 347 g/mol. The van der Waals surface area contributed by atoms with Crippen molar-refractivity contribution in [3.63, 3.8) is 0 Å². The van der Waals surface area contributed by atoms with E-state index in [0.29, 0.717) is 0 Å². The molecule has 0 saturated carbocycles. The minimum Gasteiger partial charge on any atom is -0.337 e. The Labute approximate surface area is 147 Å². The minimum atomic E-state index is 0.196. The summed E-state index contributed by atoms with van der Waals surface area (Å²) < 4.78 is 2.06. The van der Waals surface area contributed by atoms with Gasteiger partial charge in [0.25, 0.3) is 5.91 Å². The van der Waals surface area contributed by atoms with Gasteiger partial charge in [-0.3, -0.25) is 9.69 Å². The number of aryl methyl sites for hydroxylation is 3. The first-order valence-electron chi connectivity index (χ1n) is 8.65. The first kappa shape index (κ1) is 17.2. The van der Waals surface area contributed by atoms with Gasteiger partial charge in [-0.15, -0.1) is 11.3 Å².